The predicted octanol–water partition coefficient (Wildman–Crippen LogP) is 13.3. The number of nitro benzene ring substituents is 4. The van der Waals surface area contributed by atoms with Crippen molar-refractivity contribution in [1.82, 2.24) is 0 Å². The highest BCUT2D eigenvalue weighted by atomic mass is 16.6. The van der Waals surface area contributed by atoms with Crippen molar-refractivity contribution in [3.05, 3.63) is 255 Å². The van der Waals surface area contributed by atoms with Crippen LogP contribution in [0, 0.1) is 54.3 Å². The second-order valence-electron chi connectivity index (χ2n) is 16.1. The molecule has 0 radical (unpaired) electrons. The lowest BCUT2D eigenvalue weighted by molar-refractivity contribution is -0.394. The second-order valence-corrected chi connectivity index (χ2v) is 16.1. The van der Waals surface area contributed by atoms with Gasteiger partial charge in [-0.2, -0.15) is 0 Å². The topological polar surface area (TPSA) is 207 Å². The molecule has 0 unspecified atom stereocenters. The summed E-state index contributed by atoms with van der Waals surface area (Å²) in [4.78, 5) is 53.7. The molecule has 8 aromatic rings. The van der Waals surface area contributed by atoms with Crippen molar-refractivity contribution in [3.8, 4) is 33.8 Å². The molecule has 0 atom stereocenters. The summed E-state index contributed by atoms with van der Waals surface area (Å²) < 4.78 is 5.82. The first-order chi connectivity index (χ1) is 32.8. The molecular weight excluding hydrogens is 865 g/mol. The van der Waals surface area contributed by atoms with Crippen LogP contribution in [-0.4, -0.2) is 31.1 Å². The van der Waals surface area contributed by atoms with Gasteiger partial charge in [0, 0.05) is 34.4 Å². The molecule has 8 aromatic carbocycles. The van der Waals surface area contributed by atoms with Crippen LogP contribution in [0.2, 0.25) is 0 Å². The van der Waals surface area contributed by atoms with E-state index in [2.05, 4.69) is 12.1 Å². The third kappa shape index (κ3) is 8.82. The minimum absolute atomic E-state index is 0.294. The molecule has 0 aliphatic heterocycles. The smallest absolute Gasteiger partial charge is 0.284 e. The standard InChI is InChI=1S/C27H19N3O4.C26H17N3O5/c1-17-7-12-22-23(13-17)27(24-15-21(29(31)32)16-25(26(22)24)30(33)34)28-20-10-8-19(9-11-20)14-18-5-3-2-4-6-18;1-16-7-12-21-22(13-16)26(23-14-18(28(30)31)15-24(25(21)23)29(32)33)27-17-8-10-20(11-9-17)34-19-5-3-2-4-6-19/h2-13,15-16H,14H2,1H3;2-15H,1H3. The Bertz CT molecular complexity index is 3180. The SMILES string of the molecule is Cc1ccc2c(c1)C(=Nc1ccc(Cc3ccccc3)cc1)c1cc([N+](=O)[O-])cc([N+](=O)[O-])c1-2.Cc1ccc2c(c1)C(=Nc1ccc(Oc3ccccc3)cc1)c1cc([N+](=O)[O-])cc([N+](=O)[O-])c1-2. The highest BCUT2D eigenvalue weighted by molar-refractivity contribution is 6.27. The summed E-state index contributed by atoms with van der Waals surface area (Å²) in [5, 5.41) is 46.6. The van der Waals surface area contributed by atoms with Crippen LogP contribution >= 0.6 is 0 Å². The lowest BCUT2D eigenvalue weighted by atomic mass is 10.0. The maximum absolute atomic E-state index is 11.8. The van der Waals surface area contributed by atoms with Gasteiger partial charge in [0.1, 0.15) is 11.5 Å². The van der Waals surface area contributed by atoms with Crippen LogP contribution in [0.5, 0.6) is 11.5 Å². The Balaban J connectivity index is 0.000000170. The largest absolute Gasteiger partial charge is 0.457 e. The number of aryl methyl sites for hydroxylation is 2. The molecule has 10 rings (SSSR count). The zero-order valence-corrected chi connectivity index (χ0v) is 36.2. The van der Waals surface area contributed by atoms with Gasteiger partial charge in [-0.1, -0.05) is 96.1 Å². The summed E-state index contributed by atoms with van der Waals surface area (Å²) in [5.74, 6) is 1.33. The monoisotopic (exact) mass is 900 g/mol. The Labute approximate surface area is 387 Å². The lowest BCUT2D eigenvalue weighted by Crippen LogP contribution is -2.01. The number of hydrogen-bond acceptors (Lipinski definition) is 11. The van der Waals surface area contributed by atoms with E-state index in [1.807, 2.05) is 117 Å². The number of nitro groups is 4. The van der Waals surface area contributed by atoms with Crippen LogP contribution in [0.25, 0.3) is 22.3 Å². The molecular formula is C53H36N6O9. The highest BCUT2D eigenvalue weighted by Gasteiger charge is 2.36. The van der Waals surface area contributed by atoms with Gasteiger partial charge in [0.15, 0.2) is 0 Å². The summed E-state index contributed by atoms with van der Waals surface area (Å²) in [6, 6.07) is 50.2. The molecule has 0 spiro atoms. The molecule has 0 heterocycles. The van der Waals surface area contributed by atoms with E-state index in [1.165, 1.54) is 17.7 Å². The first-order valence-corrected chi connectivity index (χ1v) is 21.1. The van der Waals surface area contributed by atoms with Gasteiger partial charge in [0.2, 0.25) is 0 Å². The van der Waals surface area contributed by atoms with Crippen molar-refractivity contribution in [3.63, 3.8) is 0 Å². The first-order valence-electron chi connectivity index (χ1n) is 21.1. The Morgan fingerprint density at radius 3 is 1.26 bits per heavy atom. The molecule has 0 N–H and O–H groups in total. The molecule has 332 valence electrons. The highest BCUT2D eigenvalue weighted by Crippen LogP contribution is 2.47. The van der Waals surface area contributed by atoms with Crippen LogP contribution in [0.15, 0.2) is 180 Å². The van der Waals surface area contributed by atoms with Crippen LogP contribution < -0.4 is 4.74 Å². The van der Waals surface area contributed by atoms with Crippen molar-refractivity contribution < 1.29 is 24.4 Å². The van der Waals surface area contributed by atoms with Gasteiger partial charge in [-0.05, 0) is 103 Å². The molecule has 15 nitrogen and oxygen atoms in total. The van der Waals surface area contributed by atoms with E-state index in [-0.39, 0.29) is 22.7 Å². The molecule has 0 fully saturated rings. The van der Waals surface area contributed by atoms with Crippen molar-refractivity contribution in [2.45, 2.75) is 20.3 Å². The number of nitrogens with zero attached hydrogens (tertiary/aromatic N) is 6. The molecule has 0 aromatic heterocycles. The number of benzene rings is 8. The van der Waals surface area contributed by atoms with Crippen molar-refractivity contribution in [2.24, 2.45) is 9.98 Å². The molecule has 0 saturated carbocycles. The minimum atomic E-state index is -0.630. The summed E-state index contributed by atoms with van der Waals surface area (Å²) in [7, 11) is 0. The lowest BCUT2D eigenvalue weighted by Gasteiger charge is -2.06. The number of non-ortho nitro benzene ring substituents is 2. The Kier molecular flexibility index (Phi) is 11.7. The quantitative estimate of drug-likeness (QED) is 0.0943. The van der Waals surface area contributed by atoms with E-state index in [9.17, 15) is 40.5 Å². The van der Waals surface area contributed by atoms with E-state index in [4.69, 9.17) is 14.7 Å². The van der Waals surface area contributed by atoms with Crippen LogP contribution in [-0.2, 0) is 6.42 Å². The summed E-state index contributed by atoms with van der Waals surface area (Å²) in [5.41, 5.74) is 9.34. The average Bonchev–Trinajstić information content (AvgIpc) is 3.80. The van der Waals surface area contributed by atoms with E-state index in [1.54, 1.807) is 30.3 Å². The fraction of sp³-hybridized carbons (Fsp3) is 0.0566. The molecule has 68 heavy (non-hydrogen) atoms. The van der Waals surface area contributed by atoms with E-state index >= 15 is 0 Å². The van der Waals surface area contributed by atoms with Gasteiger partial charge in [0.05, 0.1) is 65.8 Å². The molecule has 2 aliphatic rings. The molecule has 0 amide bonds. The second kappa shape index (κ2) is 18.2. The zero-order valence-electron chi connectivity index (χ0n) is 36.2. The normalized spacial score (nSPS) is 12.9. The number of aliphatic imine (C=N–C) groups is 2. The summed E-state index contributed by atoms with van der Waals surface area (Å²) in [6.45, 7) is 3.84. The van der Waals surface area contributed by atoms with E-state index < -0.39 is 19.7 Å². The Morgan fingerprint density at radius 1 is 0.412 bits per heavy atom. The summed E-state index contributed by atoms with van der Waals surface area (Å²) in [6.07, 6.45) is 0.793. The third-order valence-corrected chi connectivity index (χ3v) is 11.4. The van der Waals surface area contributed by atoms with Crippen molar-refractivity contribution in [2.75, 3.05) is 0 Å². The number of fused-ring (bicyclic) bond motifs is 6. The maximum atomic E-state index is 11.8. The van der Waals surface area contributed by atoms with Gasteiger partial charge in [-0.25, -0.2) is 9.98 Å². The van der Waals surface area contributed by atoms with Gasteiger partial charge in [-0.3, -0.25) is 40.5 Å². The predicted molar refractivity (Wildman–Crippen MR) is 259 cm³/mol. The van der Waals surface area contributed by atoms with Crippen LogP contribution in [0.1, 0.15) is 44.5 Å². The van der Waals surface area contributed by atoms with Gasteiger partial charge < -0.3 is 4.74 Å². The zero-order chi connectivity index (χ0) is 47.6. The van der Waals surface area contributed by atoms with Crippen molar-refractivity contribution in [1.29, 1.82) is 0 Å². The summed E-state index contributed by atoms with van der Waals surface area (Å²) >= 11 is 0. The molecule has 2 aliphatic carbocycles. The fourth-order valence-corrected chi connectivity index (χ4v) is 8.33. The first kappa shape index (κ1) is 43.7. The van der Waals surface area contributed by atoms with Crippen LogP contribution in [0.3, 0.4) is 0 Å². The Hall–Kier alpha value is -9.50. The maximum Gasteiger partial charge on any atom is 0.284 e. The van der Waals surface area contributed by atoms with E-state index in [0.717, 1.165) is 40.8 Å². The number of ether oxygens (including phenoxy) is 1. The van der Waals surface area contributed by atoms with Gasteiger partial charge in [0.25, 0.3) is 22.7 Å². The third-order valence-electron chi connectivity index (χ3n) is 11.4. The molecule has 0 bridgehead atoms. The molecule has 15 heteroatoms. The fourth-order valence-electron chi connectivity index (χ4n) is 8.33. The van der Waals surface area contributed by atoms with Gasteiger partial charge >= 0.3 is 0 Å². The van der Waals surface area contributed by atoms with E-state index in [0.29, 0.717) is 73.2 Å². The Morgan fingerprint density at radius 2 is 0.824 bits per heavy atom. The average molecular weight is 901 g/mol. The number of hydrogen-bond donors (Lipinski definition) is 0. The minimum Gasteiger partial charge on any atom is -0.457 e. The van der Waals surface area contributed by atoms with Gasteiger partial charge in [-0.15, -0.1) is 0 Å². The molecule has 0 saturated heterocycles. The van der Waals surface area contributed by atoms with Crippen molar-refractivity contribution >= 4 is 45.5 Å². The number of para-hydroxylation sites is 1. The number of rotatable bonds is 10. The van der Waals surface area contributed by atoms with Crippen LogP contribution in [0.4, 0.5) is 34.1 Å².